The van der Waals surface area contributed by atoms with E-state index in [1.54, 1.807) is 0 Å². The van der Waals surface area contributed by atoms with Gasteiger partial charge in [-0.25, -0.2) is 0 Å². The van der Waals surface area contributed by atoms with Crippen LogP contribution in [0.5, 0.6) is 0 Å². The standard InChI is InChI=1S/C12H20N2O3/c1-2-10-8-11(7-9(1)13-10)15-5-6-16-12-3-4-17-14-12/h9-11,13H,1-8H2/t9-,10?,11?/m0/s1. The van der Waals surface area contributed by atoms with Crippen molar-refractivity contribution in [1.82, 2.24) is 5.32 Å². The molecule has 0 spiro atoms. The fourth-order valence-electron chi connectivity index (χ4n) is 2.91. The summed E-state index contributed by atoms with van der Waals surface area (Å²) in [6.45, 7) is 1.89. The molecule has 96 valence electrons. The molecule has 5 heteroatoms. The summed E-state index contributed by atoms with van der Waals surface area (Å²) in [5.74, 6) is 0.707. The summed E-state index contributed by atoms with van der Waals surface area (Å²) in [7, 11) is 0. The second-order valence-electron chi connectivity index (χ2n) is 5.02. The lowest BCUT2D eigenvalue weighted by Crippen LogP contribution is -2.41. The molecule has 3 aliphatic rings. The predicted molar refractivity (Wildman–Crippen MR) is 62.9 cm³/mol. The maximum atomic E-state index is 5.86. The molecule has 0 aliphatic carbocycles. The Kier molecular flexibility index (Phi) is 3.47. The topological polar surface area (TPSA) is 52.1 Å². The Bertz CT molecular complexity index is 283. The molecule has 17 heavy (non-hydrogen) atoms. The average Bonchev–Trinajstić information content (AvgIpc) is 2.95. The van der Waals surface area contributed by atoms with Crippen molar-refractivity contribution < 1.29 is 14.3 Å². The number of ether oxygens (including phenoxy) is 2. The van der Waals surface area contributed by atoms with Crippen molar-refractivity contribution >= 4 is 5.90 Å². The van der Waals surface area contributed by atoms with Crippen LogP contribution in [0.4, 0.5) is 0 Å². The third kappa shape index (κ3) is 2.90. The molecular weight excluding hydrogens is 220 g/mol. The SMILES string of the molecule is C1CC(OCCOC2CC3CC[C@@H](C2)N3)=NO1. The predicted octanol–water partition coefficient (Wildman–Crippen LogP) is 1.04. The van der Waals surface area contributed by atoms with Crippen LogP contribution in [0.25, 0.3) is 0 Å². The monoisotopic (exact) mass is 240 g/mol. The van der Waals surface area contributed by atoms with Crippen molar-refractivity contribution in [3.8, 4) is 0 Å². The molecule has 3 aliphatic heterocycles. The van der Waals surface area contributed by atoms with Crippen molar-refractivity contribution in [3.05, 3.63) is 0 Å². The highest BCUT2D eigenvalue weighted by Gasteiger charge is 2.33. The molecule has 3 atom stereocenters. The van der Waals surface area contributed by atoms with Crippen molar-refractivity contribution in [2.24, 2.45) is 5.16 Å². The Morgan fingerprint density at radius 2 is 2.06 bits per heavy atom. The van der Waals surface area contributed by atoms with E-state index in [1.165, 1.54) is 12.8 Å². The first-order valence-electron chi connectivity index (χ1n) is 6.59. The highest BCUT2D eigenvalue weighted by molar-refractivity contribution is 5.76. The van der Waals surface area contributed by atoms with E-state index in [1.807, 2.05) is 0 Å². The van der Waals surface area contributed by atoms with Crippen LogP contribution in [0, 0.1) is 0 Å². The molecule has 0 aromatic heterocycles. The van der Waals surface area contributed by atoms with Gasteiger partial charge in [0.05, 0.1) is 19.1 Å². The van der Waals surface area contributed by atoms with Gasteiger partial charge in [0.2, 0.25) is 5.90 Å². The van der Waals surface area contributed by atoms with Crippen LogP contribution in [0.3, 0.4) is 0 Å². The summed E-state index contributed by atoms with van der Waals surface area (Å²) in [6.07, 6.45) is 6.14. The maximum Gasteiger partial charge on any atom is 0.229 e. The van der Waals surface area contributed by atoms with Gasteiger partial charge in [0, 0.05) is 12.1 Å². The molecule has 5 nitrogen and oxygen atoms in total. The summed E-state index contributed by atoms with van der Waals surface area (Å²) in [6, 6.07) is 1.37. The van der Waals surface area contributed by atoms with Gasteiger partial charge in [0.25, 0.3) is 0 Å². The van der Waals surface area contributed by atoms with Crippen molar-refractivity contribution in [2.75, 3.05) is 19.8 Å². The van der Waals surface area contributed by atoms with Crippen LogP contribution in [0.1, 0.15) is 32.1 Å². The van der Waals surface area contributed by atoms with Crippen LogP contribution in [-0.4, -0.2) is 43.9 Å². The van der Waals surface area contributed by atoms with Gasteiger partial charge in [0.1, 0.15) is 13.2 Å². The van der Waals surface area contributed by atoms with E-state index >= 15 is 0 Å². The highest BCUT2D eigenvalue weighted by Crippen LogP contribution is 2.28. The molecule has 2 bridgehead atoms. The third-order valence-corrected chi connectivity index (χ3v) is 3.71. The third-order valence-electron chi connectivity index (χ3n) is 3.71. The molecule has 0 aromatic rings. The van der Waals surface area contributed by atoms with Gasteiger partial charge in [-0.15, -0.1) is 0 Å². The summed E-state index contributed by atoms with van der Waals surface area (Å²) in [4.78, 5) is 4.85. The van der Waals surface area contributed by atoms with E-state index in [-0.39, 0.29) is 0 Å². The zero-order valence-electron chi connectivity index (χ0n) is 10.1. The fraction of sp³-hybridized carbons (Fsp3) is 0.917. The van der Waals surface area contributed by atoms with E-state index in [0.717, 1.165) is 19.3 Å². The van der Waals surface area contributed by atoms with Crippen molar-refractivity contribution in [2.45, 2.75) is 50.3 Å². The Morgan fingerprint density at radius 1 is 1.24 bits per heavy atom. The van der Waals surface area contributed by atoms with Gasteiger partial charge in [-0.2, -0.15) is 0 Å². The summed E-state index contributed by atoms with van der Waals surface area (Å²) < 4.78 is 11.3. The number of nitrogens with zero attached hydrogens (tertiary/aromatic N) is 1. The minimum atomic E-state index is 0.416. The number of nitrogens with one attached hydrogen (secondary N) is 1. The first-order valence-corrected chi connectivity index (χ1v) is 6.59. The Hall–Kier alpha value is -0.810. The molecule has 0 radical (unpaired) electrons. The van der Waals surface area contributed by atoms with Gasteiger partial charge < -0.3 is 19.6 Å². The van der Waals surface area contributed by atoms with Crippen LogP contribution >= 0.6 is 0 Å². The first-order chi connectivity index (χ1) is 8.40. The zero-order valence-corrected chi connectivity index (χ0v) is 10.1. The number of fused-ring (bicyclic) bond motifs is 2. The van der Waals surface area contributed by atoms with E-state index < -0.39 is 0 Å². The number of piperidine rings is 1. The molecule has 0 saturated carbocycles. The first kappa shape index (κ1) is 11.3. The smallest absolute Gasteiger partial charge is 0.229 e. The lowest BCUT2D eigenvalue weighted by molar-refractivity contribution is 0.00393. The largest absolute Gasteiger partial charge is 0.476 e. The highest BCUT2D eigenvalue weighted by atomic mass is 16.7. The van der Waals surface area contributed by atoms with E-state index in [9.17, 15) is 0 Å². The zero-order chi connectivity index (χ0) is 11.5. The summed E-state index contributed by atoms with van der Waals surface area (Å²) in [5.41, 5.74) is 0. The lowest BCUT2D eigenvalue weighted by Gasteiger charge is -2.29. The second kappa shape index (κ2) is 5.23. The molecule has 3 rings (SSSR count). The molecule has 3 heterocycles. The average molecular weight is 240 g/mol. The van der Waals surface area contributed by atoms with Crippen LogP contribution in [0.2, 0.25) is 0 Å². The normalized spacial score (nSPS) is 35.5. The van der Waals surface area contributed by atoms with Gasteiger partial charge in [-0.3, -0.25) is 0 Å². The number of rotatable bonds is 4. The molecule has 2 fully saturated rings. The number of oxime groups is 1. The Labute approximate surface area is 101 Å². The van der Waals surface area contributed by atoms with Gasteiger partial charge >= 0.3 is 0 Å². The second-order valence-corrected chi connectivity index (χ2v) is 5.02. The van der Waals surface area contributed by atoms with Gasteiger partial charge in [-0.05, 0) is 25.7 Å². The fourth-order valence-corrected chi connectivity index (χ4v) is 2.91. The van der Waals surface area contributed by atoms with Crippen LogP contribution in [-0.2, 0) is 14.3 Å². The van der Waals surface area contributed by atoms with Crippen molar-refractivity contribution in [3.63, 3.8) is 0 Å². The Balaban J connectivity index is 1.32. The lowest BCUT2D eigenvalue weighted by atomic mass is 10.0. The molecule has 0 amide bonds. The molecular formula is C12H20N2O3. The number of hydrogen-bond donors (Lipinski definition) is 1. The molecule has 1 N–H and O–H groups in total. The minimum absolute atomic E-state index is 0.416. The van der Waals surface area contributed by atoms with Crippen LogP contribution < -0.4 is 5.32 Å². The molecule has 0 aromatic carbocycles. The molecule has 2 saturated heterocycles. The van der Waals surface area contributed by atoms with Crippen molar-refractivity contribution in [1.29, 1.82) is 0 Å². The quantitative estimate of drug-likeness (QED) is 0.746. The molecule has 2 unspecified atom stereocenters. The Morgan fingerprint density at radius 3 is 2.76 bits per heavy atom. The van der Waals surface area contributed by atoms with Gasteiger partial charge in [-0.1, -0.05) is 5.16 Å². The van der Waals surface area contributed by atoms with E-state index in [2.05, 4.69) is 10.5 Å². The van der Waals surface area contributed by atoms with E-state index in [0.29, 0.717) is 43.9 Å². The van der Waals surface area contributed by atoms with Gasteiger partial charge in [0.15, 0.2) is 0 Å². The summed E-state index contributed by atoms with van der Waals surface area (Å²) >= 11 is 0. The minimum Gasteiger partial charge on any atom is -0.476 e. The van der Waals surface area contributed by atoms with E-state index in [4.69, 9.17) is 14.3 Å². The summed E-state index contributed by atoms with van der Waals surface area (Å²) in [5, 5.41) is 7.39. The number of hydrogen-bond acceptors (Lipinski definition) is 5. The van der Waals surface area contributed by atoms with Crippen LogP contribution in [0.15, 0.2) is 5.16 Å². The maximum absolute atomic E-state index is 5.86.